The van der Waals surface area contributed by atoms with Crippen LogP contribution in [0.5, 0.6) is 0 Å². The van der Waals surface area contributed by atoms with Gasteiger partial charge in [-0.3, -0.25) is 0 Å². The number of hydrogen-bond acceptors (Lipinski definition) is 3. The second-order valence-corrected chi connectivity index (χ2v) is 4.26. The molecule has 0 aliphatic rings. The van der Waals surface area contributed by atoms with Crippen LogP contribution in [0.2, 0.25) is 0 Å². The summed E-state index contributed by atoms with van der Waals surface area (Å²) >= 11 is 0. The molecule has 0 fully saturated rings. The molecule has 1 rings (SSSR count). The van der Waals surface area contributed by atoms with Crippen molar-refractivity contribution >= 4 is 21.9 Å². The summed E-state index contributed by atoms with van der Waals surface area (Å²) in [5.41, 5.74) is 1.52. The Labute approximate surface area is 101 Å². The maximum atomic E-state index is 11.0. The van der Waals surface area contributed by atoms with E-state index >= 15 is 0 Å². The topological polar surface area (TPSA) is 101 Å². The summed E-state index contributed by atoms with van der Waals surface area (Å²) in [6.45, 7) is 5.90. The Kier molecular flexibility index (Phi) is 6.22. The molecular formula is C10H17N3O3S. The van der Waals surface area contributed by atoms with Crippen LogP contribution in [0, 0.1) is 6.92 Å². The number of benzene rings is 1. The first-order valence-electron chi connectivity index (χ1n) is 5.05. The van der Waals surface area contributed by atoms with Crippen molar-refractivity contribution in [2.75, 3.05) is 5.32 Å². The largest absolute Gasteiger partial charge is 0.333 e. The zero-order chi connectivity index (χ0) is 13.5. The first-order valence-corrected chi connectivity index (χ1v) is 6.59. The SMILES string of the molecule is CC.Cc1ccc(NC(=O)NS(N)(=O)=O)cc1. The number of rotatable bonds is 2. The van der Waals surface area contributed by atoms with E-state index in [-0.39, 0.29) is 0 Å². The fourth-order valence-corrected chi connectivity index (χ4v) is 1.23. The van der Waals surface area contributed by atoms with Gasteiger partial charge in [0.25, 0.3) is 10.2 Å². The van der Waals surface area contributed by atoms with Crippen molar-refractivity contribution in [3.63, 3.8) is 0 Å². The minimum absolute atomic E-state index is 0.488. The van der Waals surface area contributed by atoms with Crippen LogP contribution in [-0.4, -0.2) is 14.4 Å². The molecule has 0 saturated heterocycles. The number of hydrogen-bond donors (Lipinski definition) is 3. The van der Waals surface area contributed by atoms with E-state index in [1.54, 1.807) is 29.0 Å². The van der Waals surface area contributed by atoms with Gasteiger partial charge in [-0.05, 0) is 19.1 Å². The number of anilines is 1. The van der Waals surface area contributed by atoms with Crippen LogP contribution in [0.4, 0.5) is 10.5 Å². The van der Waals surface area contributed by atoms with E-state index in [1.807, 2.05) is 20.8 Å². The second-order valence-electron chi connectivity index (χ2n) is 2.97. The van der Waals surface area contributed by atoms with Gasteiger partial charge in [0.2, 0.25) is 0 Å². The third-order valence-corrected chi connectivity index (χ3v) is 2.01. The number of aryl methyl sites for hydroxylation is 1. The molecule has 4 N–H and O–H groups in total. The molecule has 0 aliphatic heterocycles. The summed E-state index contributed by atoms with van der Waals surface area (Å²) in [5, 5.41) is 6.93. The molecule has 1 aromatic rings. The summed E-state index contributed by atoms with van der Waals surface area (Å²) in [5.74, 6) is 0. The van der Waals surface area contributed by atoms with Crippen LogP contribution in [0.3, 0.4) is 0 Å². The molecule has 0 radical (unpaired) electrons. The monoisotopic (exact) mass is 259 g/mol. The molecule has 17 heavy (non-hydrogen) atoms. The van der Waals surface area contributed by atoms with E-state index in [4.69, 9.17) is 0 Å². The van der Waals surface area contributed by atoms with Crippen molar-refractivity contribution in [3.05, 3.63) is 29.8 Å². The molecule has 0 aromatic heterocycles. The van der Waals surface area contributed by atoms with Crippen LogP contribution < -0.4 is 15.2 Å². The van der Waals surface area contributed by atoms with E-state index in [0.717, 1.165) is 5.56 Å². The molecule has 0 unspecified atom stereocenters. The Morgan fingerprint density at radius 1 is 1.18 bits per heavy atom. The Balaban J connectivity index is 0.00000121. The number of amides is 2. The number of nitrogens with two attached hydrogens (primary N) is 1. The first kappa shape index (κ1) is 15.4. The average Bonchev–Trinajstić information content (AvgIpc) is 2.22. The lowest BCUT2D eigenvalue weighted by Gasteiger charge is -2.05. The third kappa shape index (κ3) is 7.31. The first-order chi connectivity index (χ1) is 7.87. The quantitative estimate of drug-likeness (QED) is 0.747. The van der Waals surface area contributed by atoms with Crippen molar-refractivity contribution in [3.8, 4) is 0 Å². The molecule has 0 atom stereocenters. The summed E-state index contributed by atoms with van der Waals surface area (Å²) in [7, 11) is -4.01. The lowest BCUT2D eigenvalue weighted by molar-refractivity contribution is 0.256. The molecule has 6 nitrogen and oxygen atoms in total. The number of carbonyl (C=O) groups excluding carboxylic acids is 1. The number of urea groups is 1. The van der Waals surface area contributed by atoms with E-state index in [0.29, 0.717) is 5.69 Å². The predicted octanol–water partition coefficient (Wildman–Crippen LogP) is 1.35. The van der Waals surface area contributed by atoms with Gasteiger partial charge in [0.05, 0.1) is 0 Å². The molecule has 2 amide bonds. The smallest absolute Gasteiger partial charge is 0.307 e. The van der Waals surface area contributed by atoms with Crippen molar-refractivity contribution in [1.29, 1.82) is 0 Å². The van der Waals surface area contributed by atoms with Gasteiger partial charge in [0.15, 0.2) is 0 Å². The summed E-state index contributed by atoms with van der Waals surface area (Å²) < 4.78 is 22.6. The van der Waals surface area contributed by atoms with Crippen molar-refractivity contribution in [2.24, 2.45) is 5.14 Å². The van der Waals surface area contributed by atoms with Gasteiger partial charge in [-0.15, -0.1) is 0 Å². The van der Waals surface area contributed by atoms with Crippen LogP contribution >= 0.6 is 0 Å². The minimum Gasteiger partial charge on any atom is -0.307 e. The molecule has 96 valence electrons. The number of carbonyl (C=O) groups is 1. The maximum Gasteiger partial charge on any atom is 0.333 e. The Hall–Kier alpha value is -1.60. The van der Waals surface area contributed by atoms with Crippen molar-refractivity contribution in [1.82, 2.24) is 4.72 Å². The van der Waals surface area contributed by atoms with Gasteiger partial charge >= 0.3 is 6.03 Å². The molecule has 0 saturated carbocycles. The van der Waals surface area contributed by atoms with Crippen LogP contribution in [0.1, 0.15) is 19.4 Å². The lowest BCUT2D eigenvalue weighted by atomic mass is 10.2. The van der Waals surface area contributed by atoms with Gasteiger partial charge in [-0.2, -0.15) is 8.42 Å². The highest BCUT2D eigenvalue weighted by atomic mass is 32.2. The Morgan fingerprint density at radius 3 is 2.06 bits per heavy atom. The van der Waals surface area contributed by atoms with Gasteiger partial charge in [0, 0.05) is 5.69 Å². The Morgan fingerprint density at radius 2 is 1.65 bits per heavy atom. The summed E-state index contributed by atoms with van der Waals surface area (Å²) in [6, 6.07) is 5.98. The highest BCUT2D eigenvalue weighted by molar-refractivity contribution is 7.87. The van der Waals surface area contributed by atoms with Gasteiger partial charge in [0.1, 0.15) is 0 Å². The van der Waals surface area contributed by atoms with E-state index in [9.17, 15) is 13.2 Å². The molecule has 0 spiro atoms. The van der Waals surface area contributed by atoms with E-state index in [2.05, 4.69) is 10.5 Å². The fraction of sp³-hybridized carbons (Fsp3) is 0.300. The van der Waals surface area contributed by atoms with Gasteiger partial charge in [-0.25, -0.2) is 14.7 Å². The fourth-order valence-electron chi connectivity index (χ4n) is 0.923. The average molecular weight is 259 g/mol. The lowest BCUT2D eigenvalue weighted by Crippen LogP contribution is -2.38. The molecule has 0 heterocycles. The highest BCUT2D eigenvalue weighted by Crippen LogP contribution is 2.07. The van der Waals surface area contributed by atoms with Crippen LogP contribution in [-0.2, 0) is 10.2 Å². The van der Waals surface area contributed by atoms with Crippen molar-refractivity contribution in [2.45, 2.75) is 20.8 Å². The molecular weight excluding hydrogens is 242 g/mol. The standard InChI is InChI=1S/C8H11N3O3S.C2H6/c1-6-2-4-7(5-3-6)10-8(12)11-15(9,13)14;1-2/h2-5H,1H3,(H2,9,13,14)(H2,10,11,12);1-2H3. The van der Waals surface area contributed by atoms with Crippen LogP contribution in [0.25, 0.3) is 0 Å². The zero-order valence-corrected chi connectivity index (χ0v) is 10.8. The summed E-state index contributed by atoms with van der Waals surface area (Å²) in [4.78, 5) is 11.0. The van der Waals surface area contributed by atoms with Crippen LogP contribution in [0.15, 0.2) is 24.3 Å². The number of nitrogens with one attached hydrogen (secondary N) is 2. The molecule has 1 aromatic carbocycles. The Bertz CT molecular complexity index is 454. The second kappa shape index (κ2) is 6.87. The maximum absolute atomic E-state index is 11.0. The van der Waals surface area contributed by atoms with Crippen molar-refractivity contribution < 1.29 is 13.2 Å². The normalized spacial score (nSPS) is 9.88. The summed E-state index contributed by atoms with van der Waals surface area (Å²) in [6.07, 6.45) is 0. The molecule has 0 bridgehead atoms. The highest BCUT2D eigenvalue weighted by Gasteiger charge is 2.07. The molecule has 0 aliphatic carbocycles. The predicted molar refractivity (Wildman–Crippen MR) is 67.8 cm³/mol. The molecule has 7 heteroatoms. The van der Waals surface area contributed by atoms with E-state index in [1.165, 1.54) is 0 Å². The zero-order valence-electron chi connectivity index (χ0n) is 10.0. The van der Waals surface area contributed by atoms with Gasteiger partial charge < -0.3 is 5.32 Å². The minimum atomic E-state index is -4.01. The third-order valence-electron chi connectivity index (χ3n) is 1.54. The van der Waals surface area contributed by atoms with E-state index < -0.39 is 16.2 Å². The van der Waals surface area contributed by atoms with Gasteiger partial charge in [-0.1, -0.05) is 31.5 Å².